The first-order valence-electron chi connectivity index (χ1n) is 10.4. The molecular formula is C22H29ClN2O2. The van der Waals surface area contributed by atoms with Gasteiger partial charge in [-0.2, -0.15) is 0 Å². The molecule has 5 heteroatoms. The van der Waals surface area contributed by atoms with Crippen molar-refractivity contribution in [3.8, 4) is 5.75 Å². The van der Waals surface area contributed by atoms with E-state index in [9.17, 15) is 4.79 Å². The van der Waals surface area contributed by atoms with Gasteiger partial charge >= 0.3 is 0 Å². The van der Waals surface area contributed by atoms with Gasteiger partial charge < -0.3 is 15.4 Å². The summed E-state index contributed by atoms with van der Waals surface area (Å²) >= 11 is 6.29. The Morgan fingerprint density at radius 2 is 2.19 bits per heavy atom. The van der Waals surface area contributed by atoms with Gasteiger partial charge in [0.1, 0.15) is 5.75 Å². The predicted octanol–water partition coefficient (Wildman–Crippen LogP) is 4.41. The van der Waals surface area contributed by atoms with Gasteiger partial charge in [0.25, 0.3) is 5.91 Å². The first-order valence-corrected chi connectivity index (χ1v) is 10.8. The summed E-state index contributed by atoms with van der Waals surface area (Å²) in [6.45, 7) is 1.70. The summed E-state index contributed by atoms with van der Waals surface area (Å²) in [6.07, 6.45) is 12.4. The van der Waals surface area contributed by atoms with Crippen LogP contribution in [0.15, 0.2) is 23.8 Å². The molecule has 1 aromatic rings. The number of carbonyl (C=O) groups excluding carboxylic acids is 1. The van der Waals surface area contributed by atoms with Gasteiger partial charge in [-0.3, -0.25) is 4.79 Å². The fourth-order valence-electron chi connectivity index (χ4n) is 4.58. The Kier molecular flexibility index (Phi) is 6.04. The molecule has 146 valence electrons. The molecule has 3 aliphatic rings. The number of rotatable bonds is 5. The van der Waals surface area contributed by atoms with Crippen molar-refractivity contribution in [2.45, 2.75) is 69.9 Å². The summed E-state index contributed by atoms with van der Waals surface area (Å²) in [6, 6.07) is 4.13. The Hall–Kier alpha value is -1.52. The molecule has 1 aliphatic carbocycles. The Morgan fingerprint density at radius 3 is 2.96 bits per heavy atom. The highest BCUT2D eigenvalue weighted by molar-refractivity contribution is 6.31. The Balaban J connectivity index is 1.54. The number of halogens is 1. The molecule has 0 saturated carbocycles. The van der Waals surface area contributed by atoms with E-state index in [1.54, 1.807) is 6.07 Å². The van der Waals surface area contributed by atoms with Crippen molar-refractivity contribution in [1.29, 1.82) is 0 Å². The predicted molar refractivity (Wildman–Crippen MR) is 109 cm³/mol. The van der Waals surface area contributed by atoms with E-state index >= 15 is 0 Å². The minimum Gasteiger partial charge on any atom is -0.492 e. The van der Waals surface area contributed by atoms with Crippen molar-refractivity contribution < 1.29 is 9.53 Å². The van der Waals surface area contributed by atoms with Gasteiger partial charge in [0, 0.05) is 17.1 Å². The molecule has 2 heterocycles. The first-order chi connectivity index (χ1) is 13.2. The van der Waals surface area contributed by atoms with Crippen LogP contribution in [0, 0.1) is 0 Å². The second kappa shape index (κ2) is 8.66. The number of amides is 1. The molecule has 4 nitrogen and oxygen atoms in total. The van der Waals surface area contributed by atoms with Crippen LogP contribution in [-0.4, -0.2) is 31.1 Å². The third kappa shape index (κ3) is 4.49. The topological polar surface area (TPSA) is 50.4 Å². The zero-order valence-electron chi connectivity index (χ0n) is 15.9. The van der Waals surface area contributed by atoms with Crippen molar-refractivity contribution in [3.63, 3.8) is 0 Å². The van der Waals surface area contributed by atoms with E-state index in [0.717, 1.165) is 50.0 Å². The van der Waals surface area contributed by atoms with Gasteiger partial charge in [-0.25, -0.2) is 0 Å². The highest BCUT2D eigenvalue weighted by atomic mass is 35.5. The van der Waals surface area contributed by atoms with Gasteiger partial charge in [0.2, 0.25) is 0 Å². The summed E-state index contributed by atoms with van der Waals surface area (Å²) in [4.78, 5) is 13.2. The van der Waals surface area contributed by atoms with E-state index in [0.29, 0.717) is 23.2 Å². The lowest BCUT2D eigenvalue weighted by Crippen LogP contribution is -2.47. The van der Waals surface area contributed by atoms with Crippen LogP contribution in [0.3, 0.4) is 0 Å². The normalized spacial score (nSPS) is 23.1. The van der Waals surface area contributed by atoms with Crippen LogP contribution >= 0.6 is 11.6 Å². The standard InChI is InChI=1S/C22H29ClN2O2/c23-17-13-16-8-5-11-27-21(16)18(14-17)22(26)25-20(19-9-4-10-24-19)12-15-6-2-1-3-7-15/h6,13-14,19-20,24H,1-5,7-12H2,(H,25,26). The van der Waals surface area contributed by atoms with Crippen molar-refractivity contribution in [2.24, 2.45) is 0 Å². The summed E-state index contributed by atoms with van der Waals surface area (Å²) in [5, 5.41) is 7.50. The van der Waals surface area contributed by atoms with E-state index in [-0.39, 0.29) is 11.9 Å². The van der Waals surface area contributed by atoms with Crippen LogP contribution in [0.1, 0.15) is 67.3 Å². The highest BCUT2D eigenvalue weighted by Gasteiger charge is 2.29. The van der Waals surface area contributed by atoms with E-state index in [2.05, 4.69) is 16.7 Å². The minimum atomic E-state index is -0.0641. The van der Waals surface area contributed by atoms with Crippen molar-refractivity contribution in [2.75, 3.05) is 13.2 Å². The van der Waals surface area contributed by atoms with Crippen LogP contribution in [0.4, 0.5) is 0 Å². The number of hydrogen-bond acceptors (Lipinski definition) is 3. The lowest BCUT2D eigenvalue weighted by atomic mass is 9.91. The first kappa shape index (κ1) is 18.8. The quantitative estimate of drug-likeness (QED) is 0.735. The van der Waals surface area contributed by atoms with E-state index in [4.69, 9.17) is 16.3 Å². The number of aryl methyl sites for hydroxylation is 1. The minimum absolute atomic E-state index is 0.0641. The van der Waals surface area contributed by atoms with Crippen LogP contribution in [-0.2, 0) is 6.42 Å². The fraction of sp³-hybridized carbons (Fsp3) is 0.591. The maximum absolute atomic E-state index is 13.2. The lowest BCUT2D eigenvalue weighted by molar-refractivity contribution is 0.0923. The molecule has 0 radical (unpaired) electrons. The molecule has 2 atom stereocenters. The largest absolute Gasteiger partial charge is 0.492 e. The number of allylic oxidation sites excluding steroid dienone is 1. The third-order valence-electron chi connectivity index (χ3n) is 5.98. The molecule has 0 spiro atoms. The molecule has 1 amide bonds. The van der Waals surface area contributed by atoms with Gasteiger partial charge in [-0.1, -0.05) is 23.3 Å². The number of fused-ring (bicyclic) bond motifs is 1. The summed E-state index contributed by atoms with van der Waals surface area (Å²) in [5.74, 6) is 0.656. The maximum Gasteiger partial charge on any atom is 0.255 e. The summed E-state index contributed by atoms with van der Waals surface area (Å²) in [7, 11) is 0. The Morgan fingerprint density at radius 1 is 1.26 bits per heavy atom. The Bertz CT molecular complexity index is 725. The second-order valence-corrected chi connectivity index (χ2v) is 8.43. The van der Waals surface area contributed by atoms with Crippen LogP contribution in [0.2, 0.25) is 5.02 Å². The highest BCUT2D eigenvalue weighted by Crippen LogP contribution is 2.33. The number of nitrogens with one attached hydrogen (secondary N) is 2. The van der Waals surface area contributed by atoms with E-state index in [1.165, 1.54) is 31.3 Å². The zero-order valence-corrected chi connectivity index (χ0v) is 16.6. The molecule has 4 rings (SSSR count). The number of carbonyl (C=O) groups is 1. The molecule has 2 N–H and O–H groups in total. The average molecular weight is 389 g/mol. The SMILES string of the molecule is O=C(NC(CC1=CCCCC1)C1CCCN1)c1cc(Cl)cc2c1OCCC2. The van der Waals surface area contributed by atoms with Crippen LogP contribution in [0.25, 0.3) is 0 Å². The molecule has 2 aliphatic heterocycles. The van der Waals surface area contributed by atoms with Crippen LogP contribution < -0.4 is 15.4 Å². The van der Waals surface area contributed by atoms with E-state index in [1.807, 2.05) is 6.07 Å². The second-order valence-electron chi connectivity index (χ2n) is 7.99. The summed E-state index contributed by atoms with van der Waals surface area (Å²) < 4.78 is 5.84. The molecule has 0 aromatic heterocycles. The Labute approximate surface area is 166 Å². The molecule has 0 bridgehead atoms. The van der Waals surface area contributed by atoms with Gasteiger partial charge in [0.05, 0.1) is 12.2 Å². The molecule has 27 heavy (non-hydrogen) atoms. The van der Waals surface area contributed by atoms with Crippen LogP contribution in [0.5, 0.6) is 5.75 Å². The van der Waals surface area contributed by atoms with Gasteiger partial charge in [-0.05, 0) is 82.0 Å². The van der Waals surface area contributed by atoms with Gasteiger partial charge in [0.15, 0.2) is 0 Å². The smallest absolute Gasteiger partial charge is 0.255 e. The van der Waals surface area contributed by atoms with Gasteiger partial charge in [-0.15, -0.1) is 0 Å². The van der Waals surface area contributed by atoms with E-state index < -0.39 is 0 Å². The molecule has 1 saturated heterocycles. The molecule has 2 unspecified atom stereocenters. The van der Waals surface area contributed by atoms with Crippen molar-refractivity contribution in [1.82, 2.24) is 10.6 Å². The molecule has 1 fully saturated rings. The average Bonchev–Trinajstić information content (AvgIpc) is 3.22. The lowest BCUT2D eigenvalue weighted by Gasteiger charge is -2.28. The fourth-order valence-corrected chi connectivity index (χ4v) is 4.82. The van der Waals surface area contributed by atoms with Crippen molar-refractivity contribution >= 4 is 17.5 Å². The third-order valence-corrected chi connectivity index (χ3v) is 6.20. The van der Waals surface area contributed by atoms with Crippen molar-refractivity contribution in [3.05, 3.63) is 39.9 Å². The number of benzene rings is 1. The monoisotopic (exact) mass is 388 g/mol. The molecule has 1 aromatic carbocycles. The number of ether oxygens (including phenoxy) is 1. The number of hydrogen-bond donors (Lipinski definition) is 2. The molecular weight excluding hydrogens is 360 g/mol. The zero-order chi connectivity index (χ0) is 18.6. The maximum atomic E-state index is 13.2. The summed E-state index contributed by atoms with van der Waals surface area (Å²) in [5.41, 5.74) is 3.12.